The van der Waals surface area contributed by atoms with Crippen LogP contribution in [0.1, 0.15) is 64.2 Å². The maximum Gasteiger partial charge on any atom is 0.303 e. The SMILES string of the molecule is [2H]C([2H])(C/C=C1\C[C@H]2C[C@@H](O)[C@H](/C=C/[C@@H](O)C(C)CC#CC)[C@H]2C1)C([2H])([2H])C(=O)O. The van der Waals surface area contributed by atoms with Gasteiger partial charge in [0, 0.05) is 24.2 Å². The molecule has 0 aromatic carbocycles. The highest BCUT2D eigenvalue weighted by Gasteiger charge is 2.44. The van der Waals surface area contributed by atoms with Crippen LogP contribution in [-0.2, 0) is 4.79 Å². The lowest BCUT2D eigenvalue weighted by atomic mass is 9.89. The Balaban J connectivity index is 2.03. The first-order valence-electron chi connectivity index (χ1n) is 11.3. The van der Waals surface area contributed by atoms with Gasteiger partial charge in [-0.25, -0.2) is 0 Å². The predicted molar refractivity (Wildman–Crippen MR) is 102 cm³/mol. The van der Waals surface area contributed by atoms with Crippen LogP contribution in [0, 0.1) is 35.5 Å². The minimum Gasteiger partial charge on any atom is -0.481 e. The minimum atomic E-state index is -2.96. The van der Waals surface area contributed by atoms with Gasteiger partial charge in [-0.1, -0.05) is 30.7 Å². The molecular formula is C22H32O4. The number of allylic oxidation sites excluding steroid dienone is 2. The molecule has 0 bridgehead atoms. The van der Waals surface area contributed by atoms with Gasteiger partial charge < -0.3 is 15.3 Å². The topological polar surface area (TPSA) is 77.8 Å². The Hall–Kier alpha value is -1.57. The van der Waals surface area contributed by atoms with Crippen LogP contribution in [-0.4, -0.2) is 33.5 Å². The lowest BCUT2D eigenvalue weighted by molar-refractivity contribution is -0.137. The molecule has 2 aliphatic carbocycles. The number of carboxylic acids is 1. The third-order valence-electron chi connectivity index (χ3n) is 5.51. The molecule has 4 heteroatoms. The normalized spacial score (nSPS) is 35.0. The molecule has 0 aromatic rings. The third-order valence-corrected chi connectivity index (χ3v) is 5.51. The quantitative estimate of drug-likeness (QED) is 0.455. The van der Waals surface area contributed by atoms with E-state index in [-0.39, 0.29) is 30.1 Å². The van der Waals surface area contributed by atoms with Crippen LogP contribution in [0.2, 0.25) is 0 Å². The van der Waals surface area contributed by atoms with Crippen molar-refractivity contribution in [2.45, 2.75) is 70.9 Å². The Kier molecular flexibility index (Phi) is 5.92. The van der Waals surface area contributed by atoms with Gasteiger partial charge >= 0.3 is 5.97 Å². The van der Waals surface area contributed by atoms with Crippen LogP contribution < -0.4 is 0 Å². The summed E-state index contributed by atoms with van der Waals surface area (Å²) in [5.41, 5.74) is 0.979. The molecule has 0 aromatic heterocycles. The van der Waals surface area contributed by atoms with E-state index >= 15 is 0 Å². The van der Waals surface area contributed by atoms with Gasteiger partial charge in [0.2, 0.25) is 0 Å². The summed E-state index contributed by atoms with van der Waals surface area (Å²) in [4.78, 5) is 11.0. The second-order valence-electron chi connectivity index (χ2n) is 7.37. The summed E-state index contributed by atoms with van der Waals surface area (Å²) < 4.78 is 30.7. The number of rotatable bonds is 8. The number of carboxylic acid groups (broad SMARTS) is 1. The first kappa shape index (κ1) is 15.5. The van der Waals surface area contributed by atoms with Crippen molar-refractivity contribution in [3.8, 4) is 11.8 Å². The molecule has 144 valence electrons. The molecule has 0 radical (unpaired) electrons. The number of fused-ring (bicyclic) bond motifs is 1. The fourth-order valence-corrected chi connectivity index (χ4v) is 4.08. The smallest absolute Gasteiger partial charge is 0.303 e. The van der Waals surface area contributed by atoms with Crippen LogP contribution in [0.25, 0.3) is 0 Å². The molecule has 3 N–H and O–H groups in total. The van der Waals surface area contributed by atoms with Crippen LogP contribution in [0.4, 0.5) is 0 Å². The van der Waals surface area contributed by atoms with Crippen molar-refractivity contribution >= 4 is 5.97 Å². The van der Waals surface area contributed by atoms with E-state index in [1.165, 1.54) is 0 Å². The second kappa shape index (κ2) is 9.94. The Morgan fingerprint density at radius 3 is 2.92 bits per heavy atom. The number of aliphatic carboxylic acids is 1. The van der Waals surface area contributed by atoms with Crippen molar-refractivity contribution < 1.29 is 25.6 Å². The lowest BCUT2D eigenvalue weighted by Crippen LogP contribution is -2.19. The summed E-state index contributed by atoms with van der Waals surface area (Å²) in [6.45, 7) is 3.68. The largest absolute Gasteiger partial charge is 0.481 e. The lowest BCUT2D eigenvalue weighted by Gasteiger charge is -2.19. The van der Waals surface area contributed by atoms with Crippen LogP contribution in [0.15, 0.2) is 23.8 Å². The van der Waals surface area contributed by atoms with Gasteiger partial charge in [-0.15, -0.1) is 11.8 Å². The van der Waals surface area contributed by atoms with E-state index in [2.05, 4.69) is 11.8 Å². The van der Waals surface area contributed by atoms with Gasteiger partial charge in [-0.05, 0) is 56.7 Å². The van der Waals surface area contributed by atoms with E-state index in [9.17, 15) is 15.0 Å². The van der Waals surface area contributed by atoms with E-state index in [0.29, 0.717) is 25.7 Å². The Morgan fingerprint density at radius 2 is 2.23 bits per heavy atom. The van der Waals surface area contributed by atoms with E-state index in [1.807, 2.05) is 13.0 Å². The molecule has 2 fully saturated rings. The Morgan fingerprint density at radius 1 is 1.46 bits per heavy atom. The maximum absolute atomic E-state index is 11.0. The number of carbonyl (C=O) groups is 1. The van der Waals surface area contributed by atoms with Crippen LogP contribution >= 0.6 is 0 Å². The van der Waals surface area contributed by atoms with Gasteiger partial charge in [-0.2, -0.15) is 0 Å². The van der Waals surface area contributed by atoms with Gasteiger partial charge in [0.25, 0.3) is 0 Å². The zero-order valence-corrected chi connectivity index (χ0v) is 15.5. The third kappa shape index (κ3) is 5.72. The zero-order chi connectivity index (χ0) is 22.7. The van der Waals surface area contributed by atoms with Crippen molar-refractivity contribution in [3.63, 3.8) is 0 Å². The summed E-state index contributed by atoms with van der Waals surface area (Å²) in [6, 6.07) is 0. The highest BCUT2D eigenvalue weighted by Crippen LogP contribution is 2.50. The molecule has 0 amide bonds. The molecule has 0 aliphatic heterocycles. The molecule has 0 heterocycles. The van der Waals surface area contributed by atoms with Gasteiger partial charge in [0.05, 0.1) is 12.2 Å². The van der Waals surface area contributed by atoms with Crippen molar-refractivity contribution in [2.24, 2.45) is 23.7 Å². The summed E-state index contributed by atoms with van der Waals surface area (Å²) in [5.74, 6) is 4.30. The van der Waals surface area contributed by atoms with E-state index < -0.39 is 30.9 Å². The van der Waals surface area contributed by atoms with Gasteiger partial charge in [0.1, 0.15) is 0 Å². The summed E-state index contributed by atoms with van der Waals surface area (Å²) in [6.07, 6.45) is 0.944. The fourth-order valence-electron chi connectivity index (χ4n) is 4.08. The minimum absolute atomic E-state index is 0.00597. The van der Waals surface area contributed by atoms with Crippen LogP contribution in [0.5, 0.6) is 0 Å². The molecular weight excluding hydrogens is 328 g/mol. The molecule has 6 atom stereocenters. The Bertz CT molecular complexity index is 750. The van der Waals surface area contributed by atoms with Crippen molar-refractivity contribution in [1.29, 1.82) is 0 Å². The Labute approximate surface area is 162 Å². The standard InChI is InChI=1S/C22H32O4/c1-3-4-7-15(2)20(23)11-10-18-19-13-16(8-5-6-9-22(25)26)12-17(19)14-21(18)24/h8,10-11,15,17-21,23-24H,5-7,9,12-14H2,1-2H3,(H,25,26)/b11-10+,16-8+/t15?,17-,18+,19-,20+,21+/m0/s1/i6D2,9D2. The van der Waals surface area contributed by atoms with E-state index in [1.54, 1.807) is 19.1 Å². The monoisotopic (exact) mass is 364 g/mol. The van der Waals surface area contributed by atoms with Crippen LogP contribution in [0.3, 0.4) is 0 Å². The van der Waals surface area contributed by atoms with Crippen molar-refractivity contribution in [1.82, 2.24) is 0 Å². The average molecular weight is 365 g/mol. The van der Waals surface area contributed by atoms with Crippen molar-refractivity contribution in [3.05, 3.63) is 23.8 Å². The van der Waals surface area contributed by atoms with E-state index in [0.717, 1.165) is 5.57 Å². The molecule has 2 saturated carbocycles. The molecule has 0 spiro atoms. The molecule has 2 aliphatic rings. The molecule has 4 nitrogen and oxygen atoms in total. The first-order valence-corrected chi connectivity index (χ1v) is 9.26. The number of hydrogen-bond acceptors (Lipinski definition) is 3. The average Bonchev–Trinajstić information content (AvgIpc) is 3.18. The highest BCUT2D eigenvalue weighted by atomic mass is 16.4. The van der Waals surface area contributed by atoms with E-state index in [4.69, 9.17) is 10.6 Å². The highest BCUT2D eigenvalue weighted by molar-refractivity contribution is 5.66. The van der Waals surface area contributed by atoms with Gasteiger partial charge in [-0.3, -0.25) is 4.79 Å². The van der Waals surface area contributed by atoms with Crippen molar-refractivity contribution in [2.75, 3.05) is 0 Å². The summed E-state index contributed by atoms with van der Waals surface area (Å²) >= 11 is 0. The second-order valence-corrected chi connectivity index (χ2v) is 7.37. The zero-order valence-electron chi connectivity index (χ0n) is 19.5. The predicted octanol–water partition coefficient (Wildman–Crippen LogP) is 3.54. The molecule has 2 rings (SSSR count). The molecule has 0 saturated heterocycles. The molecule has 1 unspecified atom stereocenters. The summed E-state index contributed by atoms with van der Waals surface area (Å²) in [5, 5.41) is 29.7. The number of hydrogen-bond donors (Lipinski definition) is 3. The first-order chi connectivity index (χ1) is 13.9. The maximum atomic E-state index is 11.0. The van der Waals surface area contributed by atoms with Gasteiger partial charge in [0.15, 0.2) is 0 Å². The fraction of sp³-hybridized carbons (Fsp3) is 0.682. The number of aliphatic hydroxyl groups excluding tert-OH is 2. The summed E-state index contributed by atoms with van der Waals surface area (Å²) in [7, 11) is 0. The molecule has 26 heavy (non-hydrogen) atoms. The number of aliphatic hydroxyl groups is 2.